The minimum atomic E-state index is -0.219. The van der Waals surface area contributed by atoms with E-state index in [1.807, 2.05) is 12.3 Å². The van der Waals surface area contributed by atoms with E-state index in [0.29, 0.717) is 6.54 Å². The highest BCUT2D eigenvalue weighted by atomic mass is 32.1. The summed E-state index contributed by atoms with van der Waals surface area (Å²) >= 11 is 1.69. The highest BCUT2D eigenvalue weighted by Crippen LogP contribution is 2.16. The first kappa shape index (κ1) is 11.1. The fourth-order valence-electron chi connectivity index (χ4n) is 1.38. The maximum Gasteiger partial charge on any atom is 0.125 e. The Morgan fingerprint density at radius 1 is 1.44 bits per heavy atom. The second-order valence-electron chi connectivity index (χ2n) is 3.44. The Kier molecular flexibility index (Phi) is 3.51. The molecule has 1 heterocycles. The number of hydrogen-bond acceptors (Lipinski definition) is 3. The van der Waals surface area contributed by atoms with Gasteiger partial charge in [-0.25, -0.2) is 9.37 Å². The first-order valence-electron chi connectivity index (χ1n) is 5.21. The van der Waals surface area contributed by atoms with Gasteiger partial charge in [0.2, 0.25) is 0 Å². The van der Waals surface area contributed by atoms with Gasteiger partial charge in [-0.1, -0.05) is 13.0 Å². The minimum absolute atomic E-state index is 0.219. The summed E-state index contributed by atoms with van der Waals surface area (Å²) in [6, 6.07) is 6.47. The smallest absolute Gasteiger partial charge is 0.125 e. The predicted molar refractivity (Wildman–Crippen MR) is 65.2 cm³/mol. The summed E-state index contributed by atoms with van der Waals surface area (Å²) in [5, 5.41) is 4.30. The Morgan fingerprint density at radius 3 is 3.00 bits per heavy atom. The average molecular weight is 236 g/mol. The van der Waals surface area contributed by atoms with Gasteiger partial charge in [-0.05, 0) is 24.6 Å². The molecule has 1 aromatic carbocycles. The normalized spacial score (nSPS) is 10.4. The number of aromatic nitrogens is 1. The number of nitrogens with zero attached hydrogens (tertiary/aromatic N) is 1. The third kappa shape index (κ3) is 2.79. The monoisotopic (exact) mass is 236 g/mol. The van der Waals surface area contributed by atoms with Gasteiger partial charge in [0.15, 0.2) is 0 Å². The molecule has 0 radical (unpaired) electrons. The summed E-state index contributed by atoms with van der Waals surface area (Å²) in [4.78, 5) is 5.44. The number of halogens is 1. The summed E-state index contributed by atoms with van der Waals surface area (Å²) < 4.78 is 12.9. The van der Waals surface area contributed by atoms with E-state index < -0.39 is 0 Å². The molecule has 1 aromatic heterocycles. The Labute approximate surface area is 98.2 Å². The molecule has 0 amide bonds. The summed E-state index contributed by atoms with van der Waals surface area (Å²) in [5.41, 5.74) is 0.798. The molecule has 2 rings (SSSR count). The molecule has 0 fully saturated rings. The zero-order chi connectivity index (χ0) is 11.4. The molecular weight excluding hydrogens is 223 g/mol. The van der Waals surface area contributed by atoms with Crippen molar-refractivity contribution in [3.63, 3.8) is 0 Å². The first-order chi connectivity index (χ1) is 7.78. The van der Waals surface area contributed by atoms with Crippen molar-refractivity contribution in [1.29, 1.82) is 0 Å². The molecule has 0 saturated heterocycles. The van der Waals surface area contributed by atoms with Crippen molar-refractivity contribution in [1.82, 2.24) is 4.98 Å². The second kappa shape index (κ2) is 5.07. The van der Waals surface area contributed by atoms with Crippen LogP contribution in [0.4, 0.5) is 10.1 Å². The van der Waals surface area contributed by atoms with Crippen LogP contribution in [-0.4, -0.2) is 4.98 Å². The number of benzene rings is 1. The number of nitrogens with one attached hydrogen (secondary N) is 1. The van der Waals surface area contributed by atoms with Crippen molar-refractivity contribution in [2.24, 2.45) is 0 Å². The minimum Gasteiger partial charge on any atom is -0.380 e. The molecule has 0 unspecified atom stereocenters. The number of thiazole rings is 1. The van der Waals surface area contributed by atoms with Crippen LogP contribution in [0, 0.1) is 5.82 Å². The predicted octanol–water partition coefficient (Wildman–Crippen LogP) is 3.46. The molecule has 0 atom stereocenters. The highest BCUT2D eigenvalue weighted by Gasteiger charge is 2.00. The molecule has 1 N–H and O–H groups in total. The van der Waals surface area contributed by atoms with Gasteiger partial charge in [-0.3, -0.25) is 0 Å². The van der Waals surface area contributed by atoms with Gasteiger partial charge in [0.25, 0.3) is 0 Å². The third-order valence-electron chi connectivity index (χ3n) is 2.20. The van der Waals surface area contributed by atoms with Gasteiger partial charge in [-0.15, -0.1) is 11.3 Å². The molecule has 0 aliphatic rings. The molecule has 0 aliphatic carbocycles. The van der Waals surface area contributed by atoms with Gasteiger partial charge in [-0.2, -0.15) is 0 Å². The van der Waals surface area contributed by atoms with E-state index in [0.717, 1.165) is 17.1 Å². The van der Waals surface area contributed by atoms with Gasteiger partial charge in [0.05, 0.1) is 11.6 Å². The lowest BCUT2D eigenvalue weighted by Crippen LogP contribution is -1.97. The molecule has 0 bridgehead atoms. The van der Waals surface area contributed by atoms with Crippen molar-refractivity contribution in [2.45, 2.75) is 19.9 Å². The van der Waals surface area contributed by atoms with Crippen LogP contribution in [-0.2, 0) is 13.0 Å². The van der Waals surface area contributed by atoms with Crippen LogP contribution in [0.25, 0.3) is 0 Å². The number of hydrogen-bond donors (Lipinski definition) is 1. The van der Waals surface area contributed by atoms with Crippen molar-refractivity contribution in [3.05, 3.63) is 46.2 Å². The van der Waals surface area contributed by atoms with Gasteiger partial charge in [0.1, 0.15) is 5.82 Å². The standard InChI is InChI=1S/C12H13FN2S/c1-2-12-15-8-11(16-12)7-14-10-5-3-4-9(13)6-10/h3-6,8,14H,2,7H2,1H3. The fourth-order valence-corrected chi connectivity index (χ4v) is 2.18. The van der Waals surface area contributed by atoms with Crippen molar-refractivity contribution >= 4 is 17.0 Å². The van der Waals surface area contributed by atoms with E-state index in [1.54, 1.807) is 17.4 Å². The molecular formula is C12H13FN2S. The number of aryl methyl sites for hydroxylation is 1. The maximum absolute atomic E-state index is 12.9. The van der Waals surface area contributed by atoms with Crippen LogP contribution in [0.2, 0.25) is 0 Å². The molecule has 0 aliphatic heterocycles. The van der Waals surface area contributed by atoms with Crippen LogP contribution in [0.5, 0.6) is 0 Å². The van der Waals surface area contributed by atoms with E-state index >= 15 is 0 Å². The van der Waals surface area contributed by atoms with E-state index in [4.69, 9.17) is 0 Å². The van der Waals surface area contributed by atoms with E-state index in [9.17, 15) is 4.39 Å². The van der Waals surface area contributed by atoms with E-state index in [2.05, 4.69) is 17.2 Å². The van der Waals surface area contributed by atoms with Crippen LogP contribution in [0.3, 0.4) is 0 Å². The third-order valence-corrected chi connectivity index (χ3v) is 3.34. The van der Waals surface area contributed by atoms with Crippen molar-refractivity contribution < 1.29 is 4.39 Å². The van der Waals surface area contributed by atoms with Crippen LogP contribution < -0.4 is 5.32 Å². The van der Waals surface area contributed by atoms with Crippen molar-refractivity contribution in [3.8, 4) is 0 Å². The molecule has 0 spiro atoms. The molecule has 4 heteroatoms. The number of rotatable bonds is 4. The number of anilines is 1. The largest absolute Gasteiger partial charge is 0.380 e. The van der Waals surface area contributed by atoms with Gasteiger partial charge >= 0.3 is 0 Å². The second-order valence-corrected chi connectivity index (χ2v) is 4.64. The quantitative estimate of drug-likeness (QED) is 0.879. The Morgan fingerprint density at radius 2 is 2.31 bits per heavy atom. The maximum atomic E-state index is 12.9. The first-order valence-corrected chi connectivity index (χ1v) is 6.02. The highest BCUT2D eigenvalue weighted by molar-refractivity contribution is 7.11. The van der Waals surface area contributed by atoms with Crippen LogP contribution in [0.1, 0.15) is 16.8 Å². The zero-order valence-electron chi connectivity index (χ0n) is 9.03. The average Bonchev–Trinajstić information content (AvgIpc) is 2.74. The fraction of sp³-hybridized carbons (Fsp3) is 0.250. The van der Waals surface area contributed by atoms with Crippen LogP contribution in [0.15, 0.2) is 30.5 Å². The Balaban J connectivity index is 1.96. The van der Waals surface area contributed by atoms with Gasteiger partial charge in [0, 0.05) is 16.8 Å². The SMILES string of the molecule is CCc1ncc(CNc2cccc(F)c2)s1. The van der Waals surface area contributed by atoms with Gasteiger partial charge < -0.3 is 5.32 Å². The molecule has 2 nitrogen and oxygen atoms in total. The molecule has 2 aromatic rings. The topological polar surface area (TPSA) is 24.9 Å². The zero-order valence-corrected chi connectivity index (χ0v) is 9.85. The summed E-state index contributed by atoms with van der Waals surface area (Å²) in [5.74, 6) is -0.219. The van der Waals surface area contributed by atoms with E-state index in [1.165, 1.54) is 17.0 Å². The summed E-state index contributed by atoms with van der Waals surface area (Å²) in [6.45, 7) is 2.78. The lowest BCUT2D eigenvalue weighted by molar-refractivity contribution is 0.628. The Bertz CT molecular complexity index is 468. The van der Waals surface area contributed by atoms with Crippen molar-refractivity contribution in [2.75, 3.05) is 5.32 Å². The molecule has 84 valence electrons. The van der Waals surface area contributed by atoms with Crippen LogP contribution >= 0.6 is 11.3 Å². The Hall–Kier alpha value is -1.42. The molecule has 0 saturated carbocycles. The lowest BCUT2D eigenvalue weighted by Gasteiger charge is -2.03. The summed E-state index contributed by atoms with van der Waals surface area (Å²) in [6.07, 6.45) is 2.83. The summed E-state index contributed by atoms with van der Waals surface area (Å²) in [7, 11) is 0. The van der Waals surface area contributed by atoms with E-state index in [-0.39, 0.29) is 5.82 Å². The lowest BCUT2D eigenvalue weighted by atomic mass is 10.3. The molecule has 16 heavy (non-hydrogen) atoms.